The lowest BCUT2D eigenvalue weighted by Gasteiger charge is -2.45. The Hall–Kier alpha value is -2.56. The van der Waals surface area contributed by atoms with Gasteiger partial charge in [0.05, 0.1) is 23.7 Å². The summed E-state index contributed by atoms with van der Waals surface area (Å²) >= 11 is 0. The number of morpholine rings is 1. The van der Waals surface area contributed by atoms with E-state index in [1.54, 1.807) is 4.90 Å². The SMILES string of the molecule is O=C1COC2CCN(C(=O)N3CC(C#Cc4ccc(C5(O)CC5)cc4)C3)C[C@H]2N1. The fourth-order valence-electron chi connectivity index (χ4n) is 4.26. The molecule has 1 unspecified atom stereocenters. The van der Waals surface area contributed by atoms with E-state index in [1.165, 1.54) is 0 Å². The van der Waals surface area contributed by atoms with E-state index in [9.17, 15) is 14.7 Å². The second-order valence-electron chi connectivity index (χ2n) is 8.52. The van der Waals surface area contributed by atoms with Crippen molar-refractivity contribution in [3.63, 3.8) is 0 Å². The van der Waals surface area contributed by atoms with Gasteiger partial charge in [-0.2, -0.15) is 0 Å². The van der Waals surface area contributed by atoms with Gasteiger partial charge in [0.25, 0.3) is 0 Å². The molecule has 1 saturated carbocycles. The van der Waals surface area contributed by atoms with Crippen LogP contribution in [0, 0.1) is 17.8 Å². The number of fused-ring (bicyclic) bond motifs is 1. The van der Waals surface area contributed by atoms with Gasteiger partial charge in [-0.25, -0.2) is 4.79 Å². The van der Waals surface area contributed by atoms with Gasteiger partial charge >= 0.3 is 6.03 Å². The van der Waals surface area contributed by atoms with Crippen LogP contribution in [0.3, 0.4) is 0 Å². The molecule has 7 heteroatoms. The molecule has 3 aliphatic heterocycles. The van der Waals surface area contributed by atoms with E-state index in [0.29, 0.717) is 26.2 Å². The average molecular weight is 395 g/mol. The van der Waals surface area contributed by atoms with E-state index in [0.717, 1.165) is 30.4 Å². The minimum Gasteiger partial charge on any atom is -0.385 e. The third kappa shape index (κ3) is 3.70. The van der Waals surface area contributed by atoms with Crippen LogP contribution < -0.4 is 5.32 Å². The summed E-state index contributed by atoms with van der Waals surface area (Å²) in [6.07, 6.45) is 2.43. The smallest absolute Gasteiger partial charge is 0.320 e. The molecule has 4 fully saturated rings. The molecule has 7 nitrogen and oxygen atoms in total. The first-order valence-electron chi connectivity index (χ1n) is 10.3. The summed E-state index contributed by atoms with van der Waals surface area (Å²) in [5.74, 6) is 6.50. The van der Waals surface area contributed by atoms with E-state index in [-0.39, 0.29) is 36.6 Å². The number of rotatable bonds is 1. The number of carbonyl (C=O) groups excluding carboxylic acids is 2. The van der Waals surface area contributed by atoms with Crippen LogP contribution in [0.5, 0.6) is 0 Å². The molecule has 1 aromatic rings. The lowest BCUT2D eigenvalue weighted by atomic mass is 9.98. The van der Waals surface area contributed by atoms with Crippen LogP contribution in [0.2, 0.25) is 0 Å². The molecule has 2 atom stereocenters. The van der Waals surface area contributed by atoms with Crippen LogP contribution in [-0.2, 0) is 15.1 Å². The maximum atomic E-state index is 12.7. The van der Waals surface area contributed by atoms with E-state index < -0.39 is 5.60 Å². The van der Waals surface area contributed by atoms with Crippen LogP contribution in [0.4, 0.5) is 4.79 Å². The lowest BCUT2D eigenvalue weighted by Crippen LogP contribution is -2.64. The number of hydrogen-bond donors (Lipinski definition) is 2. The van der Waals surface area contributed by atoms with Gasteiger partial charge < -0.3 is 25.0 Å². The largest absolute Gasteiger partial charge is 0.385 e. The molecule has 0 radical (unpaired) electrons. The van der Waals surface area contributed by atoms with E-state index in [4.69, 9.17) is 4.74 Å². The molecule has 0 aromatic heterocycles. The summed E-state index contributed by atoms with van der Waals surface area (Å²) in [5, 5.41) is 13.0. The van der Waals surface area contributed by atoms with Gasteiger partial charge in [-0.05, 0) is 37.0 Å². The third-order valence-corrected chi connectivity index (χ3v) is 6.31. The number of nitrogens with one attached hydrogen (secondary N) is 1. The molecule has 3 amide bonds. The molecular formula is C22H25N3O4. The van der Waals surface area contributed by atoms with Crippen molar-refractivity contribution in [3.05, 3.63) is 35.4 Å². The highest BCUT2D eigenvalue weighted by molar-refractivity contribution is 5.79. The highest BCUT2D eigenvalue weighted by Gasteiger charge is 2.42. The van der Waals surface area contributed by atoms with Crippen LogP contribution in [0.25, 0.3) is 0 Å². The highest BCUT2D eigenvalue weighted by Crippen LogP contribution is 2.45. The first-order valence-corrected chi connectivity index (χ1v) is 10.3. The number of aliphatic hydroxyl groups is 1. The monoisotopic (exact) mass is 395 g/mol. The molecule has 1 aliphatic carbocycles. The number of urea groups is 1. The van der Waals surface area contributed by atoms with Gasteiger partial charge in [-0.3, -0.25) is 4.79 Å². The molecule has 2 N–H and O–H groups in total. The number of ether oxygens (including phenoxy) is 1. The minimum absolute atomic E-state index is 0.0128. The zero-order valence-electron chi connectivity index (χ0n) is 16.3. The fourth-order valence-corrected chi connectivity index (χ4v) is 4.26. The summed E-state index contributed by atoms with van der Waals surface area (Å²) in [7, 11) is 0. The molecule has 0 bridgehead atoms. The molecule has 29 heavy (non-hydrogen) atoms. The summed E-state index contributed by atoms with van der Waals surface area (Å²) in [4.78, 5) is 27.9. The molecular weight excluding hydrogens is 370 g/mol. The normalized spacial score (nSPS) is 27.8. The summed E-state index contributed by atoms with van der Waals surface area (Å²) in [5.41, 5.74) is 1.28. The Kier molecular flexibility index (Phi) is 4.49. The van der Waals surface area contributed by atoms with Crippen molar-refractivity contribution < 1.29 is 19.4 Å². The maximum Gasteiger partial charge on any atom is 0.320 e. The fraction of sp³-hybridized carbons (Fsp3) is 0.545. The van der Waals surface area contributed by atoms with Crippen molar-refractivity contribution in [2.75, 3.05) is 32.8 Å². The maximum absolute atomic E-state index is 12.7. The average Bonchev–Trinajstić information content (AvgIpc) is 3.45. The van der Waals surface area contributed by atoms with E-state index in [2.05, 4.69) is 17.2 Å². The van der Waals surface area contributed by atoms with E-state index >= 15 is 0 Å². The Morgan fingerprint density at radius 2 is 1.93 bits per heavy atom. The van der Waals surface area contributed by atoms with Gasteiger partial charge in [0.2, 0.25) is 5.91 Å². The number of piperidine rings is 1. The standard InChI is InChI=1S/C22H25N3O4/c26-20-14-29-19-7-10-24(13-18(19)23-20)21(27)25-11-16(12-25)2-1-15-3-5-17(6-4-15)22(28)8-9-22/h3-6,16,18-19,28H,7-14H2,(H,23,26)/t18-,19?/m1/s1. The van der Waals surface area contributed by atoms with Crippen molar-refractivity contribution in [2.45, 2.75) is 37.0 Å². The number of amides is 3. The first-order chi connectivity index (χ1) is 14.0. The number of benzene rings is 1. The predicted octanol–water partition coefficient (Wildman–Crippen LogP) is 0.661. The van der Waals surface area contributed by atoms with Crippen molar-refractivity contribution in [3.8, 4) is 11.8 Å². The Morgan fingerprint density at radius 3 is 2.66 bits per heavy atom. The topological polar surface area (TPSA) is 82.1 Å². The molecule has 1 aromatic carbocycles. The predicted molar refractivity (Wildman–Crippen MR) is 105 cm³/mol. The first kappa shape index (κ1) is 18.5. The molecule has 152 valence electrons. The second-order valence-corrected chi connectivity index (χ2v) is 8.52. The Bertz CT molecular complexity index is 878. The molecule has 5 rings (SSSR count). The Morgan fingerprint density at radius 1 is 1.17 bits per heavy atom. The molecule has 4 aliphatic rings. The van der Waals surface area contributed by atoms with E-state index in [1.807, 2.05) is 29.2 Å². The summed E-state index contributed by atoms with van der Waals surface area (Å²) < 4.78 is 5.55. The highest BCUT2D eigenvalue weighted by atomic mass is 16.5. The molecule has 0 spiro atoms. The zero-order valence-corrected chi connectivity index (χ0v) is 16.3. The number of hydrogen-bond acceptors (Lipinski definition) is 4. The minimum atomic E-state index is -0.609. The summed E-state index contributed by atoms with van der Waals surface area (Å²) in [6, 6.07) is 7.71. The lowest BCUT2D eigenvalue weighted by molar-refractivity contribution is -0.139. The van der Waals surface area contributed by atoms with Gasteiger partial charge in [-0.15, -0.1) is 0 Å². The number of nitrogens with zero attached hydrogens (tertiary/aromatic N) is 2. The van der Waals surface area contributed by atoms with Crippen LogP contribution in [0.1, 0.15) is 30.4 Å². The Labute approximate surface area is 170 Å². The van der Waals surface area contributed by atoms with Gasteiger partial charge in [-0.1, -0.05) is 24.0 Å². The second kappa shape index (κ2) is 7.05. The third-order valence-electron chi connectivity index (χ3n) is 6.31. The number of carbonyl (C=O) groups is 2. The quantitative estimate of drug-likeness (QED) is 0.685. The zero-order chi connectivity index (χ0) is 20.0. The van der Waals surface area contributed by atoms with Crippen LogP contribution in [0.15, 0.2) is 24.3 Å². The van der Waals surface area contributed by atoms with Crippen molar-refractivity contribution >= 4 is 11.9 Å². The van der Waals surface area contributed by atoms with Gasteiger partial charge in [0.1, 0.15) is 6.61 Å². The van der Waals surface area contributed by atoms with Crippen molar-refractivity contribution in [1.82, 2.24) is 15.1 Å². The van der Waals surface area contributed by atoms with Crippen LogP contribution >= 0.6 is 0 Å². The van der Waals surface area contributed by atoms with Crippen LogP contribution in [-0.4, -0.2) is 71.8 Å². The van der Waals surface area contributed by atoms with Crippen molar-refractivity contribution in [1.29, 1.82) is 0 Å². The summed E-state index contributed by atoms with van der Waals surface area (Å²) in [6.45, 7) is 2.54. The van der Waals surface area contributed by atoms with Gasteiger partial charge in [0.15, 0.2) is 0 Å². The molecule has 3 saturated heterocycles. The molecule has 3 heterocycles. The van der Waals surface area contributed by atoms with Gasteiger partial charge in [0, 0.05) is 31.7 Å². The number of likely N-dealkylation sites (tertiary alicyclic amines) is 2. The van der Waals surface area contributed by atoms with Crippen molar-refractivity contribution in [2.24, 2.45) is 5.92 Å². The Balaban J connectivity index is 1.12.